The highest BCUT2D eigenvalue weighted by Crippen LogP contribution is 2.24. The maximum atomic E-state index is 12.8. The largest absolute Gasteiger partial charge is 0.336 e. The number of amides is 1. The summed E-state index contributed by atoms with van der Waals surface area (Å²) in [7, 11) is 0. The van der Waals surface area contributed by atoms with E-state index in [9.17, 15) is 9.59 Å². The molecule has 3 heterocycles. The van der Waals surface area contributed by atoms with Crippen molar-refractivity contribution in [3.63, 3.8) is 0 Å². The lowest BCUT2D eigenvalue weighted by Gasteiger charge is -2.34. The number of benzene rings is 2. The van der Waals surface area contributed by atoms with Crippen molar-refractivity contribution in [2.45, 2.75) is 20.4 Å². The van der Waals surface area contributed by atoms with Crippen LogP contribution in [0.2, 0.25) is 0 Å². The van der Waals surface area contributed by atoms with Crippen LogP contribution in [0, 0.1) is 13.8 Å². The van der Waals surface area contributed by atoms with E-state index in [1.807, 2.05) is 67.3 Å². The van der Waals surface area contributed by atoms with Crippen LogP contribution in [0.3, 0.4) is 0 Å². The number of carbonyl (C=O) groups is 1. The number of fused-ring (bicyclic) bond motifs is 1. The van der Waals surface area contributed by atoms with Crippen LogP contribution >= 0.6 is 11.3 Å². The molecule has 8 heteroatoms. The van der Waals surface area contributed by atoms with Crippen molar-refractivity contribution < 1.29 is 4.79 Å². The molecule has 0 N–H and O–H groups in total. The summed E-state index contributed by atoms with van der Waals surface area (Å²) >= 11 is 1.42. The lowest BCUT2D eigenvalue weighted by Crippen LogP contribution is -2.48. The molecule has 0 aliphatic carbocycles. The maximum Gasteiger partial charge on any atom is 0.275 e. The summed E-state index contributed by atoms with van der Waals surface area (Å²) in [4.78, 5) is 34.8. The molecular weight excluding hydrogens is 434 g/mol. The van der Waals surface area contributed by atoms with E-state index in [0.29, 0.717) is 24.6 Å². The Bertz CT molecular complexity index is 1350. The summed E-state index contributed by atoms with van der Waals surface area (Å²) in [6, 6.07) is 17.4. The molecule has 168 valence electrons. The number of aromatic nitrogens is 3. The third-order valence-electron chi connectivity index (χ3n) is 5.94. The number of rotatable bonds is 4. The van der Waals surface area contributed by atoms with Crippen molar-refractivity contribution in [3.8, 4) is 10.6 Å². The molecule has 5 rings (SSSR count). The van der Waals surface area contributed by atoms with Crippen LogP contribution in [-0.4, -0.2) is 56.5 Å². The van der Waals surface area contributed by atoms with Gasteiger partial charge in [-0.3, -0.25) is 14.5 Å². The van der Waals surface area contributed by atoms with Crippen molar-refractivity contribution in [2.75, 3.05) is 26.2 Å². The molecule has 1 fully saturated rings. The van der Waals surface area contributed by atoms with Gasteiger partial charge in [-0.2, -0.15) is 9.61 Å². The normalized spacial score (nSPS) is 14.7. The number of nitrogens with zero attached hydrogens (tertiary/aromatic N) is 5. The van der Waals surface area contributed by atoms with Crippen LogP contribution in [-0.2, 0) is 6.54 Å². The molecule has 0 saturated carbocycles. The predicted molar refractivity (Wildman–Crippen MR) is 130 cm³/mol. The van der Waals surface area contributed by atoms with E-state index < -0.39 is 0 Å². The van der Waals surface area contributed by atoms with Crippen LogP contribution in [0.1, 0.15) is 27.2 Å². The number of aryl methyl sites for hydroxylation is 2. The molecule has 1 aliphatic heterocycles. The van der Waals surface area contributed by atoms with Crippen LogP contribution in [0.4, 0.5) is 0 Å². The Morgan fingerprint density at radius 1 is 0.939 bits per heavy atom. The predicted octanol–water partition coefficient (Wildman–Crippen LogP) is 3.39. The molecule has 0 unspecified atom stereocenters. The highest BCUT2D eigenvalue weighted by atomic mass is 32.1. The fourth-order valence-electron chi connectivity index (χ4n) is 3.97. The van der Waals surface area contributed by atoms with Gasteiger partial charge >= 0.3 is 0 Å². The molecule has 1 aliphatic rings. The van der Waals surface area contributed by atoms with Crippen LogP contribution in [0.15, 0.2) is 59.4 Å². The minimum Gasteiger partial charge on any atom is -0.336 e. The van der Waals surface area contributed by atoms with Gasteiger partial charge in [-0.1, -0.05) is 58.9 Å². The maximum absolute atomic E-state index is 12.8. The Kier molecular flexibility index (Phi) is 5.78. The molecule has 2 aromatic carbocycles. The van der Waals surface area contributed by atoms with Gasteiger partial charge in [-0.25, -0.2) is 4.98 Å². The first-order valence-electron chi connectivity index (χ1n) is 11.0. The van der Waals surface area contributed by atoms with Gasteiger partial charge < -0.3 is 4.90 Å². The first-order chi connectivity index (χ1) is 16.0. The fourth-order valence-corrected chi connectivity index (χ4v) is 4.90. The van der Waals surface area contributed by atoms with Gasteiger partial charge in [0, 0.05) is 49.9 Å². The van der Waals surface area contributed by atoms with Crippen molar-refractivity contribution in [3.05, 3.63) is 87.3 Å². The van der Waals surface area contributed by atoms with Crippen LogP contribution in [0.5, 0.6) is 0 Å². The molecule has 1 saturated heterocycles. The lowest BCUT2D eigenvalue weighted by atomic mass is 10.1. The van der Waals surface area contributed by atoms with E-state index in [2.05, 4.69) is 10.00 Å². The number of hydrogen-bond donors (Lipinski definition) is 0. The molecule has 33 heavy (non-hydrogen) atoms. The number of carbonyl (C=O) groups excluding carboxylic acids is 1. The number of piperazine rings is 1. The summed E-state index contributed by atoms with van der Waals surface area (Å²) in [5, 5.41) is 5.24. The third kappa shape index (κ3) is 4.58. The minimum absolute atomic E-state index is 0.0701. The third-order valence-corrected chi connectivity index (χ3v) is 6.90. The van der Waals surface area contributed by atoms with Gasteiger partial charge in [-0.15, -0.1) is 0 Å². The molecule has 0 bridgehead atoms. The second-order valence-electron chi connectivity index (χ2n) is 8.49. The summed E-state index contributed by atoms with van der Waals surface area (Å²) in [6.07, 6.45) is 0. The van der Waals surface area contributed by atoms with Gasteiger partial charge in [-0.05, 0) is 26.0 Å². The SMILES string of the molecule is Cc1ccc(C(=O)N2CCN(Cc3cc(=O)n4nc(-c5ccc(C)cc5)sc4n3)CC2)cc1. The fraction of sp³-hybridized carbons (Fsp3) is 0.280. The van der Waals surface area contributed by atoms with Gasteiger partial charge in [0.15, 0.2) is 0 Å². The summed E-state index contributed by atoms with van der Waals surface area (Å²) in [6.45, 7) is 7.44. The summed E-state index contributed by atoms with van der Waals surface area (Å²) in [5.41, 5.74) is 4.59. The van der Waals surface area contributed by atoms with E-state index in [0.717, 1.165) is 40.5 Å². The molecular formula is C25H25N5O2S. The van der Waals surface area contributed by atoms with E-state index in [1.54, 1.807) is 6.07 Å². The first-order valence-corrected chi connectivity index (χ1v) is 11.8. The van der Waals surface area contributed by atoms with Gasteiger partial charge in [0.1, 0.15) is 5.01 Å². The zero-order chi connectivity index (χ0) is 22.9. The van der Waals surface area contributed by atoms with Gasteiger partial charge in [0.25, 0.3) is 11.5 Å². The lowest BCUT2D eigenvalue weighted by molar-refractivity contribution is 0.0627. The molecule has 0 spiro atoms. The van der Waals surface area contributed by atoms with Crippen molar-refractivity contribution in [2.24, 2.45) is 0 Å². The molecule has 0 radical (unpaired) electrons. The molecule has 7 nitrogen and oxygen atoms in total. The number of hydrogen-bond acceptors (Lipinski definition) is 6. The van der Waals surface area contributed by atoms with Crippen molar-refractivity contribution in [1.29, 1.82) is 0 Å². The van der Waals surface area contributed by atoms with E-state index >= 15 is 0 Å². The average Bonchev–Trinajstić information content (AvgIpc) is 3.25. The summed E-state index contributed by atoms with van der Waals surface area (Å²) < 4.78 is 1.38. The first kappa shape index (κ1) is 21.5. The van der Waals surface area contributed by atoms with Crippen molar-refractivity contribution >= 4 is 22.2 Å². The molecule has 4 aromatic rings. The van der Waals surface area contributed by atoms with Crippen LogP contribution in [0.25, 0.3) is 15.5 Å². The molecule has 0 atom stereocenters. The van der Waals surface area contributed by atoms with Crippen LogP contribution < -0.4 is 5.56 Å². The smallest absolute Gasteiger partial charge is 0.275 e. The highest BCUT2D eigenvalue weighted by Gasteiger charge is 2.23. The Morgan fingerprint density at radius 2 is 1.58 bits per heavy atom. The zero-order valence-electron chi connectivity index (χ0n) is 18.7. The standard InChI is InChI=1S/C25H25N5O2S/c1-17-3-7-19(8-4-17)23-27-30-22(31)15-21(26-25(30)33-23)16-28-11-13-29(14-12-28)24(32)20-9-5-18(2)6-10-20/h3-10,15H,11-14,16H2,1-2H3. The summed E-state index contributed by atoms with van der Waals surface area (Å²) in [5.74, 6) is 0.0701. The van der Waals surface area contributed by atoms with Gasteiger partial charge in [0.05, 0.1) is 5.69 Å². The Labute approximate surface area is 195 Å². The van der Waals surface area contributed by atoms with E-state index in [4.69, 9.17) is 4.98 Å². The van der Waals surface area contributed by atoms with E-state index in [-0.39, 0.29) is 11.5 Å². The second kappa shape index (κ2) is 8.88. The van der Waals surface area contributed by atoms with E-state index in [1.165, 1.54) is 21.4 Å². The molecule has 1 amide bonds. The van der Waals surface area contributed by atoms with Gasteiger partial charge in [0.2, 0.25) is 4.96 Å². The topological polar surface area (TPSA) is 70.8 Å². The highest BCUT2D eigenvalue weighted by molar-refractivity contribution is 7.19. The quantitative estimate of drug-likeness (QED) is 0.468. The zero-order valence-corrected chi connectivity index (χ0v) is 19.5. The Hall–Kier alpha value is -3.36. The minimum atomic E-state index is -0.169. The average molecular weight is 460 g/mol. The van der Waals surface area contributed by atoms with Crippen molar-refractivity contribution in [1.82, 2.24) is 24.4 Å². The Morgan fingerprint density at radius 3 is 2.24 bits per heavy atom. The monoisotopic (exact) mass is 459 g/mol. The second-order valence-corrected chi connectivity index (χ2v) is 9.44. The Balaban J connectivity index is 1.27. The molecule has 2 aromatic heterocycles.